The first-order chi connectivity index (χ1) is 15.3. The molecule has 2 atom stereocenters. The van der Waals surface area contributed by atoms with Crippen LogP contribution in [0.3, 0.4) is 0 Å². The zero-order valence-electron chi connectivity index (χ0n) is 17.6. The van der Waals surface area contributed by atoms with Crippen molar-refractivity contribution in [2.45, 2.75) is 44.5 Å². The number of fused-ring (bicyclic) bond motifs is 1. The molecule has 2 N–H and O–H groups in total. The van der Waals surface area contributed by atoms with E-state index in [2.05, 4.69) is 20.6 Å². The van der Waals surface area contributed by atoms with Crippen LogP contribution in [-0.4, -0.2) is 41.7 Å². The van der Waals surface area contributed by atoms with Gasteiger partial charge in [0.05, 0.1) is 11.3 Å². The van der Waals surface area contributed by atoms with Crippen molar-refractivity contribution in [1.82, 2.24) is 15.3 Å². The Morgan fingerprint density at radius 1 is 1.25 bits per heavy atom. The minimum atomic E-state index is -4.52. The van der Waals surface area contributed by atoms with E-state index < -0.39 is 23.9 Å². The molecule has 7 nitrogen and oxygen atoms in total. The molecule has 3 aliphatic rings. The molecule has 0 bridgehead atoms. The fourth-order valence-corrected chi connectivity index (χ4v) is 4.58. The van der Waals surface area contributed by atoms with Crippen LogP contribution in [0.15, 0.2) is 24.4 Å². The summed E-state index contributed by atoms with van der Waals surface area (Å²) < 4.78 is 47.0. The Hall–Kier alpha value is -2.88. The largest absolute Gasteiger partial charge is 0.441 e. The highest BCUT2D eigenvalue weighted by atomic mass is 19.4. The van der Waals surface area contributed by atoms with Crippen molar-refractivity contribution in [3.63, 3.8) is 0 Å². The zero-order chi connectivity index (χ0) is 22.5. The molecule has 4 heterocycles. The minimum Gasteiger partial charge on any atom is -0.441 e. The van der Waals surface area contributed by atoms with E-state index in [0.717, 1.165) is 31.4 Å². The van der Waals surface area contributed by atoms with E-state index in [9.17, 15) is 18.0 Å². The third-order valence-corrected chi connectivity index (χ3v) is 6.41. The normalized spacial score (nSPS) is 23.8. The standard InChI is InChI=1S/C22H24F3N5O2/c1-12-11-30(8-7-26-12)17-10-14(22(23,24)25)9-16(28-17)15-5-6-27-20-18(15)19(13-3-2-4-13)32-21(31)29-20/h5-6,9-10,12-13,19,26H,2-4,7-8,11H2,1H3,(H,27,29,31)/t12-,19+/m0/s1. The molecule has 2 aromatic heterocycles. The van der Waals surface area contributed by atoms with Crippen molar-refractivity contribution in [3.05, 3.63) is 35.5 Å². The molecule has 0 aromatic carbocycles. The van der Waals surface area contributed by atoms with Crippen LogP contribution >= 0.6 is 0 Å². The van der Waals surface area contributed by atoms with Gasteiger partial charge in [0.2, 0.25) is 0 Å². The highest BCUT2D eigenvalue weighted by Gasteiger charge is 2.39. The lowest BCUT2D eigenvalue weighted by Crippen LogP contribution is -2.49. The van der Waals surface area contributed by atoms with Gasteiger partial charge in [0, 0.05) is 48.9 Å². The first-order valence-corrected chi connectivity index (χ1v) is 10.8. The molecule has 1 saturated heterocycles. The van der Waals surface area contributed by atoms with Gasteiger partial charge in [-0.25, -0.2) is 14.8 Å². The van der Waals surface area contributed by atoms with E-state index in [4.69, 9.17) is 4.74 Å². The number of nitrogens with zero attached hydrogens (tertiary/aromatic N) is 3. The lowest BCUT2D eigenvalue weighted by Gasteiger charge is -2.37. The Morgan fingerprint density at radius 3 is 2.75 bits per heavy atom. The molecule has 10 heteroatoms. The Bertz CT molecular complexity index is 1040. The molecule has 2 fully saturated rings. The van der Waals surface area contributed by atoms with Crippen molar-refractivity contribution >= 4 is 17.7 Å². The summed E-state index contributed by atoms with van der Waals surface area (Å²) in [5.41, 5.74) is 0.546. The lowest BCUT2D eigenvalue weighted by molar-refractivity contribution is -0.137. The van der Waals surface area contributed by atoms with Crippen LogP contribution < -0.4 is 15.5 Å². The number of piperazine rings is 1. The monoisotopic (exact) mass is 447 g/mol. The topological polar surface area (TPSA) is 79.4 Å². The predicted molar refractivity (Wildman–Crippen MR) is 112 cm³/mol. The second kappa shape index (κ2) is 7.91. The summed E-state index contributed by atoms with van der Waals surface area (Å²) in [7, 11) is 0. The summed E-state index contributed by atoms with van der Waals surface area (Å²) in [6, 6.07) is 3.97. The van der Waals surface area contributed by atoms with Crippen LogP contribution in [0.2, 0.25) is 0 Å². The Kier molecular flexibility index (Phi) is 5.19. The van der Waals surface area contributed by atoms with Crippen LogP contribution in [-0.2, 0) is 10.9 Å². The maximum atomic E-state index is 13.8. The number of cyclic esters (lactones) is 1. The van der Waals surface area contributed by atoms with Gasteiger partial charge in [-0.1, -0.05) is 6.42 Å². The molecular weight excluding hydrogens is 423 g/mol. The molecule has 0 unspecified atom stereocenters. The fraction of sp³-hybridized carbons (Fsp3) is 0.500. The molecule has 1 saturated carbocycles. The lowest BCUT2D eigenvalue weighted by atomic mass is 9.77. The van der Waals surface area contributed by atoms with Crippen molar-refractivity contribution < 1.29 is 22.7 Å². The number of hydrogen-bond acceptors (Lipinski definition) is 6. The number of amides is 1. The number of halogens is 3. The Labute approximate surface area is 183 Å². The number of carbonyl (C=O) groups is 1. The summed E-state index contributed by atoms with van der Waals surface area (Å²) >= 11 is 0. The molecular formula is C22H24F3N5O2. The number of carbonyl (C=O) groups excluding carboxylic acids is 1. The van der Waals surface area contributed by atoms with E-state index in [0.29, 0.717) is 36.6 Å². The first-order valence-electron chi connectivity index (χ1n) is 10.8. The molecule has 1 aliphatic carbocycles. The van der Waals surface area contributed by atoms with Crippen molar-refractivity contribution in [2.24, 2.45) is 5.92 Å². The second-order valence-corrected chi connectivity index (χ2v) is 8.66. The number of hydrogen-bond donors (Lipinski definition) is 2. The number of alkyl halides is 3. The molecule has 170 valence electrons. The maximum absolute atomic E-state index is 13.8. The van der Waals surface area contributed by atoms with Crippen LogP contribution in [0.5, 0.6) is 0 Å². The van der Waals surface area contributed by atoms with E-state index >= 15 is 0 Å². The van der Waals surface area contributed by atoms with Crippen molar-refractivity contribution in [3.8, 4) is 11.3 Å². The fourth-order valence-electron chi connectivity index (χ4n) is 4.58. The maximum Gasteiger partial charge on any atom is 0.416 e. The molecule has 32 heavy (non-hydrogen) atoms. The van der Waals surface area contributed by atoms with Gasteiger partial charge in [0.1, 0.15) is 17.7 Å². The third kappa shape index (κ3) is 3.87. The van der Waals surface area contributed by atoms with E-state index in [1.54, 1.807) is 6.07 Å². The second-order valence-electron chi connectivity index (χ2n) is 8.66. The van der Waals surface area contributed by atoms with Gasteiger partial charge in [0.25, 0.3) is 0 Å². The summed E-state index contributed by atoms with van der Waals surface area (Å²) in [5.74, 6) is 0.740. The smallest absolute Gasteiger partial charge is 0.416 e. The highest BCUT2D eigenvalue weighted by molar-refractivity contribution is 5.89. The molecule has 0 spiro atoms. The summed E-state index contributed by atoms with van der Waals surface area (Å²) in [6.45, 7) is 3.79. The van der Waals surface area contributed by atoms with E-state index in [1.165, 1.54) is 6.20 Å². The summed E-state index contributed by atoms with van der Waals surface area (Å²) in [5, 5.41) is 5.88. The number of nitrogens with one attached hydrogen (secondary N) is 2. The van der Waals surface area contributed by atoms with Gasteiger partial charge in [-0.2, -0.15) is 13.2 Å². The molecule has 0 radical (unpaired) electrons. The molecule has 2 aromatic rings. The zero-order valence-corrected chi connectivity index (χ0v) is 17.6. The van der Waals surface area contributed by atoms with Gasteiger partial charge in [-0.05, 0) is 38.0 Å². The SMILES string of the molecule is C[C@H]1CN(c2cc(C(F)(F)F)cc(-c3ccnc4c3[C@@H](C3CCC3)OC(=O)N4)n2)CCN1. The number of aromatic nitrogens is 2. The van der Waals surface area contributed by atoms with Gasteiger partial charge < -0.3 is 15.0 Å². The first kappa shape index (κ1) is 21.0. The number of rotatable bonds is 3. The molecule has 1 amide bonds. The van der Waals surface area contributed by atoms with Gasteiger partial charge in [0.15, 0.2) is 0 Å². The molecule has 5 rings (SSSR count). The third-order valence-electron chi connectivity index (χ3n) is 6.41. The molecule has 2 aliphatic heterocycles. The quantitative estimate of drug-likeness (QED) is 0.728. The summed E-state index contributed by atoms with van der Waals surface area (Å²) in [4.78, 5) is 22.8. The van der Waals surface area contributed by atoms with Gasteiger partial charge in [-0.3, -0.25) is 5.32 Å². The van der Waals surface area contributed by atoms with Crippen LogP contribution in [0.25, 0.3) is 11.3 Å². The van der Waals surface area contributed by atoms with Gasteiger partial charge in [-0.15, -0.1) is 0 Å². The highest BCUT2D eigenvalue weighted by Crippen LogP contribution is 2.47. The van der Waals surface area contributed by atoms with Crippen LogP contribution in [0.4, 0.5) is 29.6 Å². The minimum absolute atomic E-state index is 0.127. The van der Waals surface area contributed by atoms with Gasteiger partial charge >= 0.3 is 12.3 Å². The Morgan fingerprint density at radius 2 is 2.06 bits per heavy atom. The average Bonchev–Trinajstić information content (AvgIpc) is 2.71. The summed E-state index contributed by atoms with van der Waals surface area (Å²) in [6.07, 6.45) is -1.35. The van der Waals surface area contributed by atoms with Crippen LogP contribution in [0, 0.1) is 5.92 Å². The van der Waals surface area contributed by atoms with E-state index in [1.807, 2.05) is 11.8 Å². The number of ether oxygens (including phenoxy) is 1. The van der Waals surface area contributed by atoms with Crippen LogP contribution in [0.1, 0.15) is 43.4 Å². The van der Waals surface area contributed by atoms with Crippen molar-refractivity contribution in [1.29, 1.82) is 0 Å². The predicted octanol–water partition coefficient (Wildman–Crippen LogP) is 4.36. The average molecular weight is 447 g/mol. The van der Waals surface area contributed by atoms with E-state index in [-0.39, 0.29) is 23.5 Å². The number of anilines is 2. The number of pyridine rings is 2. The van der Waals surface area contributed by atoms with Crippen molar-refractivity contribution in [2.75, 3.05) is 29.9 Å². The Balaban J connectivity index is 1.64.